The summed E-state index contributed by atoms with van der Waals surface area (Å²) in [5.74, 6) is 1.64. The van der Waals surface area contributed by atoms with Gasteiger partial charge in [0.1, 0.15) is 0 Å². The maximum absolute atomic E-state index is 11.6. The fourth-order valence-electron chi connectivity index (χ4n) is 1.55. The van der Waals surface area contributed by atoms with Crippen LogP contribution in [0.4, 0.5) is 0 Å². The number of hydrogen-bond donors (Lipinski definition) is 2. The molecule has 0 spiro atoms. The zero-order valence-corrected chi connectivity index (χ0v) is 10.7. The van der Waals surface area contributed by atoms with Crippen molar-refractivity contribution in [2.24, 2.45) is 5.73 Å². The number of hydrogen-bond acceptors (Lipinski definition) is 4. The van der Waals surface area contributed by atoms with Crippen molar-refractivity contribution in [1.29, 1.82) is 0 Å². The molecule has 0 aromatic heterocycles. The topological polar surface area (TPSA) is 64.4 Å². The van der Waals surface area contributed by atoms with Crippen LogP contribution in [0.3, 0.4) is 0 Å². The average molecular weight is 246 g/mol. The molecule has 94 valence electrons. The SMILES string of the molecule is CC(N)CCSCC(=O)NC1CCOCC1. The largest absolute Gasteiger partial charge is 0.381 e. The molecule has 4 nitrogen and oxygen atoms in total. The molecule has 1 saturated heterocycles. The maximum atomic E-state index is 11.6. The van der Waals surface area contributed by atoms with Crippen molar-refractivity contribution in [2.75, 3.05) is 24.7 Å². The van der Waals surface area contributed by atoms with Crippen molar-refractivity contribution in [3.63, 3.8) is 0 Å². The average Bonchev–Trinajstić information content (AvgIpc) is 2.25. The summed E-state index contributed by atoms with van der Waals surface area (Å²) in [6.07, 6.45) is 2.85. The van der Waals surface area contributed by atoms with E-state index in [-0.39, 0.29) is 11.9 Å². The third-order valence-electron chi connectivity index (χ3n) is 2.54. The van der Waals surface area contributed by atoms with Gasteiger partial charge in [0.05, 0.1) is 5.75 Å². The Morgan fingerprint density at radius 3 is 2.88 bits per heavy atom. The van der Waals surface area contributed by atoms with Crippen molar-refractivity contribution in [1.82, 2.24) is 5.32 Å². The number of nitrogens with two attached hydrogens (primary N) is 1. The van der Waals surface area contributed by atoms with Crippen LogP contribution in [0, 0.1) is 0 Å². The first kappa shape index (κ1) is 13.8. The summed E-state index contributed by atoms with van der Waals surface area (Å²) in [4.78, 5) is 11.6. The molecular weight excluding hydrogens is 224 g/mol. The Balaban J connectivity index is 2.01. The highest BCUT2D eigenvalue weighted by Crippen LogP contribution is 2.08. The van der Waals surface area contributed by atoms with Gasteiger partial charge in [-0.3, -0.25) is 4.79 Å². The molecule has 1 aliphatic heterocycles. The van der Waals surface area contributed by atoms with Crippen LogP contribution in [-0.2, 0) is 9.53 Å². The lowest BCUT2D eigenvalue weighted by atomic mass is 10.1. The summed E-state index contributed by atoms with van der Waals surface area (Å²) in [6, 6.07) is 0.543. The van der Waals surface area contributed by atoms with E-state index in [1.54, 1.807) is 11.8 Å². The van der Waals surface area contributed by atoms with Gasteiger partial charge >= 0.3 is 0 Å². The first-order chi connectivity index (χ1) is 7.68. The fourth-order valence-corrected chi connectivity index (χ4v) is 2.50. The molecule has 1 fully saturated rings. The highest BCUT2D eigenvalue weighted by atomic mass is 32.2. The zero-order valence-electron chi connectivity index (χ0n) is 9.91. The minimum absolute atomic E-state index is 0.140. The van der Waals surface area contributed by atoms with Crippen LogP contribution in [0.15, 0.2) is 0 Å². The lowest BCUT2D eigenvalue weighted by Gasteiger charge is -2.23. The molecule has 5 heteroatoms. The van der Waals surface area contributed by atoms with E-state index in [2.05, 4.69) is 5.32 Å². The summed E-state index contributed by atoms with van der Waals surface area (Å²) in [5, 5.41) is 3.04. The van der Waals surface area contributed by atoms with Gasteiger partial charge in [0.15, 0.2) is 0 Å². The molecular formula is C11H22N2O2S. The number of rotatable bonds is 6. The molecule has 1 heterocycles. The molecule has 0 aromatic rings. The standard InChI is InChI=1S/C11H22N2O2S/c1-9(12)4-7-16-8-11(14)13-10-2-5-15-6-3-10/h9-10H,2-8,12H2,1H3,(H,13,14). The van der Waals surface area contributed by atoms with Crippen LogP contribution < -0.4 is 11.1 Å². The lowest BCUT2D eigenvalue weighted by Crippen LogP contribution is -2.39. The Kier molecular flexibility index (Phi) is 6.84. The summed E-state index contributed by atoms with van der Waals surface area (Å²) in [5.41, 5.74) is 5.63. The predicted molar refractivity (Wildman–Crippen MR) is 67.6 cm³/mol. The van der Waals surface area contributed by atoms with Crippen LogP contribution in [0.2, 0.25) is 0 Å². The molecule has 0 aliphatic carbocycles. The lowest BCUT2D eigenvalue weighted by molar-refractivity contribution is -0.119. The number of carbonyl (C=O) groups is 1. The van der Waals surface area contributed by atoms with E-state index in [9.17, 15) is 4.79 Å². The monoisotopic (exact) mass is 246 g/mol. The van der Waals surface area contributed by atoms with Crippen LogP contribution in [0.25, 0.3) is 0 Å². The molecule has 1 rings (SSSR count). The Hall–Kier alpha value is -0.260. The Morgan fingerprint density at radius 2 is 2.25 bits per heavy atom. The zero-order chi connectivity index (χ0) is 11.8. The Labute approximate surface area is 102 Å². The summed E-state index contributed by atoms with van der Waals surface area (Å²) >= 11 is 1.65. The highest BCUT2D eigenvalue weighted by molar-refractivity contribution is 7.99. The molecule has 3 N–H and O–H groups in total. The molecule has 0 radical (unpaired) electrons. The van der Waals surface area contributed by atoms with Gasteiger partial charge in [0.25, 0.3) is 0 Å². The Morgan fingerprint density at radius 1 is 1.56 bits per heavy atom. The van der Waals surface area contributed by atoms with Gasteiger partial charge in [0, 0.05) is 25.3 Å². The normalized spacial score (nSPS) is 19.4. The van der Waals surface area contributed by atoms with Gasteiger partial charge in [-0.1, -0.05) is 0 Å². The van der Waals surface area contributed by atoms with Crippen molar-refractivity contribution in [3.05, 3.63) is 0 Å². The van der Waals surface area contributed by atoms with Crippen molar-refractivity contribution < 1.29 is 9.53 Å². The molecule has 0 bridgehead atoms. The molecule has 1 aliphatic rings. The smallest absolute Gasteiger partial charge is 0.230 e. The van der Waals surface area contributed by atoms with Crippen LogP contribution in [0.1, 0.15) is 26.2 Å². The number of ether oxygens (including phenoxy) is 1. The van der Waals surface area contributed by atoms with E-state index in [0.29, 0.717) is 11.8 Å². The quantitative estimate of drug-likeness (QED) is 0.679. The fraction of sp³-hybridized carbons (Fsp3) is 0.909. The van der Waals surface area contributed by atoms with Gasteiger partial charge in [-0.2, -0.15) is 11.8 Å². The molecule has 1 amide bonds. The highest BCUT2D eigenvalue weighted by Gasteiger charge is 2.15. The second kappa shape index (κ2) is 7.92. The number of nitrogens with one attached hydrogen (secondary N) is 1. The predicted octanol–water partition coefficient (Wildman–Crippen LogP) is 0.752. The van der Waals surface area contributed by atoms with E-state index in [1.165, 1.54) is 0 Å². The molecule has 0 aromatic carbocycles. The van der Waals surface area contributed by atoms with Crippen LogP contribution in [-0.4, -0.2) is 42.7 Å². The van der Waals surface area contributed by atoms with Gasteiger partial charge in [0.2, 0.25) is 5.91 Å². The molecule has 1 atom stereocenters. The number of thioether (sulfide) groups is 1. The first-order valence-corrected chi connectivity index (χ1v) is 7.04. The van der Waals surface area contributed by atoms with E-state index in [4.69, 9.17) is 10.5 Å². The number of amides is 1. The second-order valence-electron chi connectivity index (χ2n) is 4.27. The van der Waals surface area contributed by atoms with Crippen molar-refractivity contribution in [3.8, 4) is 0 Å². The molecule has 1 unspecified atom stereocenters. The summed E-state index contributed by atoms with van der Waals surface area (Å²) in [7, 11) is 0. The second-order valence-corrected chi connectivity index (χ2v) is 5.38. The summed E-state index contributed by atoms with van der Waals surface area (Å²) in [6.45, 7) is 3.52. The first-order valence-electron chi connectivity index (χ1n) is 5.89. The number of carbonyl (C=O) groups excluding carboxylic acids is 1. The van der Waals surface area contributed by atoms with Gasteiger partial charge in [-0.05, 0) is 31.9 Å². The summed E-state index contributed by atoms with van der Waals surface area (Å²) < 4.78 is 5.24. The molecule has 0 saturated carbocycles. The van der Waals surface area contributed by atoms with Gasteiger partial charge in [-0.15, -0.1) is 0 Å². The van der Waals surface area contributed by atoms with Gasteiger partial charge in [-0.25, -0.2) is 0 Å². The van der Waals surface area contributed by atoms with Gasteiger partial charge < -0.3 is 15.8 Å². The maximum Gasteiger partial charge on any atom is 0.230 e. The third kappa shape index (κ3) is 6.35. The van der Waals surface area contributed by atoms with E-state index < -0.39 is 0 Å². The van der Waals surface area contributed by atoms with E-state index in [1.807, 2.05) is 6.92 Å². The third-order valence-corrected chi connectivity index (χ3v) is 3.53. The van der Waals surface area contributed by atoms with Crippen LogP contribution >= 0.6 is 11.8 Å². The Bertz CT molecular complexity index is 206. The van der Waals surface area contributed by atoms with Crippen molar-refractivity contribution in [2.45, 2.75) is 38.3 Å². The molecule has 16 heavy (non-hydrogen) atoms. The van der Waals surface area contributed by atoms with E-state index in [0.717, 1.165) is 38.2 Å². The van der Waals surface area contributed by atoms with Crippen LogP contribution in [0.5, 0.6) is 0 Å². The van der Waals surface area contributed by atoms with E-state index >= 15 is 0 Å². The minimum Gasteiger partial charge on any atom is -0.381 e. The minimum atomic E-state index is 0.140. The van der Waals surface area contributed by atoms with Crippen molar-refractivity contribution >= 4 is 17.7 Å².